The minimum absolute atomic E-state index is 0.0880. The smallest absolute Gasteiger partial charge is 0.165 e. The van der Waals surface area contributed by atoms with Crippen molar-refractivity contribution in [1.82, 2.24) is 0 Å². The number of aliphatic hydroxyl groups is 1. The maximum Gasteiger partial charge on any atom is 0.165 e. The average molecular weight is 247 g/mol. The summed E-state index contributed by atoms with van der Waals surface area (Å²) in [5.41, 5.74) is 0.538. The standard InChI is InChI=1S/C11H15ClO4/c1-6(13)4-7-10(12)8(14)5-9(15-2)11(7)16-3/h5-6,13-14H,4H2,1-3H3. The molecule has 1 aromatic carbocycles. The van der Waals surface area contributed by atoms with Gasteiger partial charge in [-0.1, -0.05) is 11.6 Å². The van der Waals surface area contributed by atoms with Gasteiger partial charge in [0.2, 0.25) is 0 Å². The first-order valence-corrected chi connectivity index (χ1v) is 5.19. The van der Waals surface area contributed by atoms with Crippen LogP contribution in [0.1, 0.15) is 12.5 Å². The van der Waals surface area contributed by atoms with Crippen molar-refractivity contribution in [1.29, 1.82) is 0 Å². The highest BCUT2D eigenvalue weighted by Gasteiger charge is 2.19. The van der Waals surface area contributed by atoms with Gasteiger partial charge in [0.25, 0.3) is 0 Å². The number of halogens is 1. The van der Waals surface area contributed by atoms with Gasteiger partial charge < -0.3 is 19.7 Å². The Hall–Kier alpha value is -1.13. The van der Waals surface area contributed by atoms with Gasteiger partial charge in [-0.15, -0.1) is 0 Å². The molecule has 2 N–H and O–H groups in total. The lowest BCUT2D eigenvalue weighted by molar-refractivity contribution is 0.193. The van der Waals surface area contributed by atoms with Gasteiger partial charge >= 0.3 is 0 Å². The molecule has 0 radical (unpaired) electrons. The summed E-state index contributed by atoms with van der Waals surface area (Å²) < 4.78 is 10.2. The van der Waals surface area contributed by atoms with Crippen LogP contribution in [-0.2, 0) is 6.42 Å². The Morgan fingerprint density at radius 3 is 2.44 bits per heavy atom. The fourth-order valence-corrected chi connectivity index (χ4v) is 1.73. The molecule has 1 aromatic rings. The third-order valence-electron chi connectivity index (χ3n) is 2.18. The second-order valence-corrected chi connectivity index (χ2v) is 3.85. The summed E-state index contributed by atoms with van der Waals surface area (Å²) in [5.74, 6) is 0.737. The highest BCUT2D eigenvalue weighted by Crippen LogP contribution is 2.42. The number of aromatic hydroxyl groups is 1. The van der Waals surface area contributed by atoms with E-state index in [0.29, 0.717) is 17.1 Å². The van der Waals surface area contributed by atoms with Crippen molar-refractivity contribution in [2.45, 2.75) is 19.4 Å². The van der Waals surface area contributed by atoms with E-state index in [2.05, 4.69) is 0 Å². The Balaban J connectivity index is 3.34. The van der Waals surface area contributed by atoms with Crippen molar-refractivity contribution in [3.63, 3.8) is 0 Å². The van der Waals surface area contributed by atoms with Crippen LogP contribution < -0.4 is 9.47 Å². The van der Waals surface area contributed by atoms with Crippen LogP contribution in [-0.4, -0.2) is 30.5 Å². The first-order valence-electron chi connectivity index (χ1n) is 4.81. The summed E-state index contributed by atoms with van der Waals surface area (Å²) in [6.07, 6.45) is -0.301. The third kappa shape index (κ3) is 2.51. The molecule has 1 unspecified atom stereocenters. The van der Waals surface area contributed by atoms with E-state index in [0.717, 1.165) is 0 Å². The number of phenolic OH excluding ortho intramolecular Hbond substituents is 1. The van der Waals surface area contributed by atoms with E-state index < -0.39 is 6.10 Å². The SMILES string of the molecule is COc1cc(O)c(Cl)c(CC(C)O)c1OC. The molecular weight excluding hydrogens is 232 g/mol. The summed E-state index contributed by atoms with van der Waals surface area (Å²) in [6.45, 7) is 1.63. The zero-order valence-electron chi connectivity index (χ0n) is 9.45. The van der Waals surface area contributed by atoms with E-state index in [1.807, 2.05) is 0 Å². The molecule has 0 bridgehead atoms. The molecule has 0 spiro atoms. The second-order valence-electron chi connectivity index (χ2n) is 3.48. The maximum absolute atomic E-state index is 9.60. The maximum atomic E-state index is 9.60. The monoisotopic (exact) mass is 246 g/mol. The van der Waals surface area contributed by atoms with Crippen molar-refractivity contribution in [2.24, 2.45) is 0 Å². The van der Waals surface area contributed by atoms with Crippen LogP contribution in [0.2, 0.25) is 5.02 Å². The highest BCUT2D eigenvalue weighted by atomic mass is 35.5. The van der Waals surface area contributed by atoms with Crippen molar-refractivity contribution >= 4 is 11.6 Å². The van der Waals surface area contributed by atoms with E-state index in [4.69, 9.17) is 21.1 Å². The zero-order valence-corrected chi connectivity index (χ0v) is 10.2. The van der Waals surface area contributed by atoms with Gasteiger partial charge in [0.15, 0.2) is 11.5 Å². The summed E-state index contributed by atoms with van der Waals surface area (Å²) in [6, 6.07) is 1.38. The molecule has 0 aliphatic rings. The van der Waals surface area contributed by atoms with Gasteiger partial charge in [-0.25, -0.2) is 0 Å². The molecule has 4 nitrogen and oxygen atoms in total. The lowest BCUT2D eigenvalue weighted by Gasteiger charge is -2.16. The Bertz CT molecular complexity index is 377. The molecule has 5 heteroatoms. The predicted octanol–water partition coefficient (Wildman–Crippen LogP) is 1.99. The van der Waals surface area contributed by atoms with Crippen LogP contribution in [0.4, 0.5) is 0 Å². The van der Waals surface area contributed by atoms with Crippen LogP contribution >= 0.6 is 11.6 Å². The van der Waals surface area contributed by atoms with Gasteiger partial charge in [0.05, 0.1) is 25.3 Å². The molecule has 0 aliphatic carbocycles. The molecule has 16 heavy (non-hydrogen) atoms. The number of hydrogen-bond acceptors (Lipinski definition) is 4. The molecule has 0 heterocycles. The van der Waals surface area contributed by atoms with Crippen molar-refractivity contribution in [3.8, 4) is 17.2 Å². The lowest BCUT2D eigenvalue weighted by Crippen LogP contribution is -2.07. The van der Waals surface area contributed by atoms with Crippen LogP contribution in [0.3, 0.4) is 0 Å². The van der Waals surface area contributed by atoms with Crippen LogP contribution in [0.15, 0.2) is 6.07 Å². The third-order valence-corrected chi connectivity index (χ3v) is 2.60. The van der Waals surface area contributed by atoms with Crippen LogP contribution in [0.25, 0.3) is 0 Å². The van der Waals surface area contributed by atoms with E-state index in [-0.39, 0.29) is 17.2 Å². The number of ether oxygens (including phenoxy) is 2. The first kappa shape index (κ1) is 12.9. The number of phenols is 1. The second kappa shape index (κ2) is 5.27. The lowest BCUT2D eigenvalue weighted by atomic mass is 10.1. The van der Waals surface area contributed by atoms with Crippen LogP contribution in [0, 0.1) is 0 Å². The van der Waals surface area contributed by atoms with Crippen LogP contribution in [0.5, 0.6) is 17.2 Å². The fraction of sp³-hybridized carbons (Fsp3) is 0.455. The molecule has 0 aliphatic heterocycles. The van der Waals surface area contributed by atoms with E-state index in [1.54, 1.807) is 6.92 Å². The number of rotatable bonds is 4. The summed E-state index contributed by atoms with van der Waals surface area (Å²) >= 11 is 5.95. The van der Waals surface area contributed by atoms with Crippen molar-refractivity contribution in [3.05, 3.63) is 16.7 Å². The normalized spacial score (nSPS) is 12.3. The fourth-order valence-electron chi connectivity index (χ4n) is 1.51. The topological polar surface area (TPSA) is 58.9 Å². The summed E-state index contributed by atoms with van der Waals surface area (Å²) in [5, 5.41) is 19.1. The number of hydrogen-bond donors (Lipinski definition) is 2. The number of methoxy groups -OCH3 is 2. The van der Waals surface area contributed by atoms with E-state index in [9.17, 15) is 10.2 Å². The van der Waals surface area contributed by atoms with Gasteiger partial charge in [-0.2, -0.15) is 0 Å². The van der Waals surface area contributed by atoms with Gasteiger partial charge in [-0.05, 0) is 6.92 Å². The molecule has 1 atom stereocenters. The predicted molar refractivity (Wildman–Crippen MR) is 61.6 cm³/mol. The van der Waals surface area contributed by atoms with Gasteiger partial charge in [-0.3, -0.25) is 0 Å². The van der Waals surface area contributed by atoms with Gasteiger partial charge in [0.1, 0.15) is 5.75 Å². The Morgan fingerprint density at radius 2 is 2.00 bits per heavy atom. The zero-order chi connectivity index (χ0) is 12.3. The minimum atomic E-state index is -0.585. The van der Waals surface area contributed by atoms with Crippen molar-refractivity contribution in [2.75, 3.05) is 14.2 Å². The largest absolute Gasteiger partial charge is 0.506 e. The molecular formula is C11H15ClO4. The average Bonchev–Trinajstić information content (AvgIpc) is 2.23. The summed E-state index contributed by atoms with van der Waals surface area (Å²) in [4.78, 5) is 0. The number of aliphatic hydroxyl groups excluding tert-OH is 1. The molecule has 90 valence electrons. The highest BCUT2D eigenvalue weighted by molar-refractivity contribution is 6.33. The molecule has 0 saturated heterocycles. The van der Waals surface area contributed by atoms with Crippen molar-refractivity contribution < 1.29 is 19.7 Å². The molecule has 1 rings (SSSR count). The summed E-state index contributed by atoms with van der Waals surface area (Å²) in [7, 11) is 2.95. The minimum Gasteiger partial charge on any atom is -0.506 e. The quantitative estimate of drug-likeness (QED) is 0.853. The number of benzene rings is 1. The first-order chi connectivity index (χ1) is 7.51. The van der Waals surface area contributed by atoms with E-state index >= 15 is 0 Å². The molecule has 0 saturated carbocycles. The molecule has 0 amide bonds. The Labute approximate surface area is 99.4 Å². The Morgan fingerprint density at radius 1 is 1.38 bits per heavy atom. The van der Waals surface area contributed by atoms with E-state index in [1.165, 1.54) is 20.3 Å². The molecule has 0 aromatic heterocycles. The molecule has 0 fully saturated rings. The Kier molecular flexibility index (Phi) is 4.26. The van der Waals surface area contributed by atoms with Gasteiger partial charge in [0, 0.05) is 18.1 Å².